The molecule has 27 heavy (non-hydrogen) atoms. The molecule has 2 heterocycles. The summed E-state index contributed by atoms with van der Waals surface area (Å²) in [5, 5.41) is 11.1. The smallest absolute Gasteiger partial charge is 0.254 e. The number of halogens is 2. The monoisotopic (exact) mass is 401 g/mol. The van der Waals surface area contributed by atoms with Gasteiger partial charge in [-0.05, 0) is 36.8 Å². The molecule has 2 N–H and O–H groups in total. The van der Waals surface area contributed by atoms with Crippen LogP contribution in [0.25, 0.3) is 11.4 Å². The Labute approximate surface area is 166 Å². The van der Waals surface area contributed by atoms with E-state index in [1.54, 1.807) is 18.2 Å². The van der Waals surface area contributed by atoms with Gasteiger partial charge in [-0.15, -0.1) is 0 Å². The summed E-state index contributed by atoms with van der Waals surface area (Å²) < 4.78 is 0. The molecule has 0 bridgehead atoms. The molecule has 0 saturated carbocycles. The van der Waals surface area contributed by atoms with Gasteiger partial charge in [0.05, 0.1) is 10.7 Å². The first-order valence-corrected chi connectivity index (χ1v) is 9.33. The summed E-state index contributed by atoms with van der Waals surface area (Å²) in [7, 11) is 0. The van der Waals surface area contributed by atoms with E-state index in [0.29, 0.717) is 41.9 Å². The van der Waals surface area contributed by atoms with E-state index < -0.39 is 0 Å². The largest absolute Gasteiger partial charge is 0.506 e. The van der Waals surface area contributed by atoms with E-state index in [1.165, 1.54) is 0 Å². The molecule has 0 saturated heterocycles. The molecule has 0 radical (unpaired) electrons. The molecule has 0 spiro atoms. The standard InChI is InChI=1S/C20H17Cl2N3O2/c21-14-6-4-12(5-7-14)19-23-17-11-25(9-8-15(17)20(27)24-19)10-13-2-1-3-16(22)18(13)26/h1-7,26H,8-11H2,(H,23,24,27). The summed E-state index contributed by atoms with van der Waals surface area (Å²) in [5.74, 6) is 0.633. The second-order valence-electron chi connectivity index (χ2n) is 6.55. The molecule has 138 valence electrons. The van der Waals surface area contributed by atoms with Crippen molar-refractivity contribution in [2.45, 2.75) is 19.5 Å². The Balaban J connectivity index is 1.62. The van der Waals surface area contributed by atoms with Crippen molar-refractivity contribution < 1.29 is 5.11 Å². The number of fused-ring (bicyclic) bond motifs is 1. The van der Waals surface area contributed by atoms with E-state index in [1.807, 2.05) is 24.3 Å². The minimum absolute atomic E-state index is 0.102. The molecular formula is C20H17Cl2N3O2. The molecular weight excluding hydrogens is 385 g/mol. The Morgan fingerprint density at radius 2 is 1.93 bits per heavy atom. The summed E-state index contributed by atoms with van der Waals surface area (Å²) in [5.41, 5.74) is 2.95. The molecule has 3 aromatic rings. The maximum atomic E-state index is 12.5. The van der Waals surface area contributed by atoms with Gasteiger partial charge in [0.25, 0.3) is 5.56 Å². The molecule has 7 heteroatoms. The van der Waals surface area contributed by atoms with E-state index in [-0.39, 0.29) is 11.3 Å². The highest BCUT2D eigenvalue weighted by molar-refractivity contribution is 6.32. The van der Waals surface area contributed by atoms with Gasteiger partial charge in [0.2, 0.25) is 0 Å². The lowest BCUT2D eigenvalue weighted by Gasteiger charge is -2.28. The predicted molar refractivity (Wildman–Crippen MR) is 106 cm³/mol. The number of hydrogen-bond donors (Lipinski definition) is 2. The van der Waals surface area contributed by atoms with Crippen molar-refractivity contribution in [3.8, 4) is 17.1 Å². The van der Waals surface area contributed by atoms with E-state index in [4.69, 9.17) is 23.2 Å². The maximum absolute atomic E-state index is 12.5. The lowest BCUT2D eigenvalue weighted by Crippen LogP contribution is -2.35. The van der Waals surface area contributed by atoms with Crippen molar-refractivity contribution in [1.82, 2.24) is 14.9 Å². The zero-order valence-corrected chi connectivity index (χ0v) is 15.9. The zero-order chi connectivity index (χ0) is 19.0. The minimum atomic E-state index is -0.102. The number of aromatic amines is 1. The Hall–Kier alpha value is -2.34. The highest BCUT2D eigenvalue weighted by atomic mass is 35.5. The van der Waals surface area contributed by atoms with Crippen LogP contribution in [-0.4, -0.2) is 26.5 Å². The lowest BCUT2D eigenvalue weighted by atomic mass is 10.0. The average Bonchev–Trinajstić information content (AvgIpc) is 2.66. The van der Waals surface area contributed by atoms with Gasteiger partial charge < -0.3 is 10.1 Å². The number of hydrogen-bond acceptors (Lipinski definition) is 4. The zero-order valence-electron chi connectivity index (χ0n) is 14.4. The van der Waals surface area contributed by atoms with Crippen LogP contribution in [0, 0.1) is 0 Å². The van der Waals surface area contributed by atoms with Crippen LogP contribution in [0.5, 0.6) is 5.75 Å². The van der Waals surface area contributed by atoms with Crippen LogP contribution >= 0.6 is 23.2 Å². The molecule has 1 aliphatic rings. The first kappa shape index (κ1) is 18.0. The molecule has 5 nitrogen and oxygen atoms in total. The van der Waals surface area contributed by atoms with Crippen molar-refractivity contribution in [3.63, 3.8) is 0 Å². The number of benzene rings is 2. The molecule has 0 atom stereocenters. The van der Waals surface area contributed by atoms with Crippen molar-refractivity contribution in [3.05, 3.63) is 79.7 Å². The van der Waals surface area contributed by atoms with E-state index in [0.717, 1.165) is 22.4 Å². The predicted octanol–water partition coefficient (Wildman–Crippen LogP) is 4.01. The van der Waals surface area contributed by atoms with Gasteiger partial charge in [0.1, 0.15) is 11.6 Å². The third-order valence-corrected chi connectivity index (χ3v) is 5.29. The molecule has 1 aromatic heterocycles. The van der Waals surface area contributed by atoms with Gasteiger partial charge in [0.15, 0.2) is 0 Å². The molecule has 4 rings (SSSR count). The van der Waals surface area contributed by atoms with Gasteiger partial charge in [-0.2, -0.15) is 0 Å². The van der Waals surface area contributed by atoms with Crippen molar-refractivity contribution >= 4 is 23.2 Å². The van der Waals surface area contributed by atoms with Gasteiger partial charge in [-0.1, -0.05) is 35.3 Å². The lowest BCUT2D eigenvalue weighted by molar-refractivity contribution is 0.237. The first-order chi connectivity index (χ1) is 13.0. The minimum Gasteiger partial charge on any atom is -0.506 e. The second-order valence-corrected chi connectivity index (χ2v) is 7.40. The summed E-state index contributed by atoms with van der Waals surface area (Å²) in [6, 6.07) is 12.5. The van der Waals surface area contributed by atoms with E-state index >= 15 is 0 Å². The Morgan fingerprint density at radius 3 is 2.70 bits per heavy atom. The van der Waals surface area contributed by atoms with Gasteiger partial charge in [0, 0.05) is 41.3 Å². The highest BCUT2D eigenvalue weighted by Crippen LogP contribution is 2.29. The number of phenolic OH excluding ortho intramolecular Hbond substituents is 1. The Bertz CT molecular complexity index is 1050. The van der Waals surface area contributed by atoms with Crippen LogP contribution in [-0.2, 0) is 19.5 Å². The van der Waals surface area contributed by atoms with E-state index in [2.05, 4.69) is 14.9 Å². The molecule has 0 unspecified atom stereocenters. The fourth-order valence-corrected chi connectivity index (χ4v) is 3.62. The maximum Gasteiger partial charge on any atom is 0.254 e. The Kier molecular flexibility index (Phi) is 4.91. The summed E-state index contributed by atoms with van der Waals surface area (Å²) in [6.45, 7) is 1.78. The Morgan fingerprint density at radius 1 is 1.15 bits per heavy atom. The van der Waals surface area contributed by atoms with Crippen LogP contribution in [0.2, 0.25) is 10.0 Å². The van der Waals surface area contributed by atoms with Gasteiger partial charge in [-0.25, -0.2) is 4.98 Å². The molecule has 2 aromatic carbocycles. The van der Waals surface area contributed by atoms with Crippen LogP contribution in [0.3, 0.4) is 0 Å². The van der Waals surface area contributed by atoms with Crippen LogP contribution < -0.4 is 5.56 Å². The van der Waals surface area contributed by atoms with Gasteiger partial charge >= 0.3 is 0 Å². The fourth-order valence-electron chi connectivity index (χ4n) is 3.30. The summed E-state index contributed by atoms with van der Waals surface area (Å²) >= 11 is 11.9. The third-order valence-electron chi connectivity index (χ3n) is 4.73. The number of para-hydroxylation sites is 1. The molecule has 0 aliphatic carbocycles. The third kappa shape index (κ3) is 3.72. The number of rotatable bonds is 3. The molecule has 0 amide bonds. The fraction of sp³-hybridized carbons (Fsp3) is 0.200. The number of aromatic nitrogens is 2. The second kappa shape index (κ2) is 7.35. The number of phenols is 1. The van der Waals surface area contributed by atoms with Crippen LogP contribution in [0.1, 0.15) is 16.8 Å². The van der Waals surface area contributed by atoms with Crippen molar-refractivity contribution in [2.24, 2.45) is 0 Å². The summed E-state index contributed by atoms with van der Waals surface area (Å²) in [6.07, 6.45) is 0.611. The average molecular weight is 402 g/mol. The topological polar surface area (TPSA) is 69.2 Å². The number of nitrogens with zero attached hydrogens (tertiary/aromatic N) is 2. The molecule has 1 aliphatic heterocycles. The quantitative estimate of drug-likeness (QED) is 0.695. The van der Waals surface area contributed by atoms with Gasteiger partial charge in [-0.3, -0.25) is 9.69 Å². The normalized spacial score (nSPS) is 14.1. The van der Waals surface area contributed by atoms with Crippen molar-refractivity contribution in [1.29, 1.82) is 0 Å². The number of nitrogens with one attached hydrogen (secondary N) is 1. The summed E-state index contributed by atoms with van der Waals surface area (Å²) in [4.78, 5) is 22.2. The first-order valence-electron chi connectivity index (χ1n) is 8.58. The van der Waals surface area contributed by atoms with Crippen LogP contribution in [0.4, 0.5) is 0 Å². The van der Waals surface area contributed by atoms with E-state index in [9.17, 15) is 9.90 Å². The number of H-pyrrole nitrogens is 1. The van der Waals surface area contributed by atoms with Crippen LogP contribution in [0.15, 0.2) is 47.3 Å². The molecule has 0 fully saturated rings. The van der Waals surface area contributed by atoms with Crippen molar-refractivity contribution in [2.75, 3.05) is 6.54 Å². The number of aromatic hydroxyl groups is 1. The highest BCUT2D eigenvalue weighted by Gasteiger charge is 2.22. The SMILES string of the molecule is O=c1[nH]c(-c2ccc(Cl)cc2)nc2c1CCN(Cc1cccc(Cl)c1O)C2.